The fourth-order valence-electron chi connectivity index (χ4n) is 3.43. The molecule has 0 aliphatic carbocycles. The van der Waals surface area contributed by atoms with Gasteiger partial charge in [0, 0.05) is 50.3 Å². The minimum absolute atomic E-state index is 0.0922. The molecule has 2 aromatic rings. The highest BCUT2D eigenvalue weighted by Crippen LogP contribution is 2.24. The summed E-state index contributed by atoms with van der Waals surface area (Å²) < 4.78 is 5.78. The standard InChI is InChI=1S/C26H34ClN3O4/c1-5-17-30(18-6-2)26(33)22(13-16-25(32)29(3)4)28-24(31)15-12-21-11-14-23(34-21)19-7-9-20(27)10-8-19/h7-12,14-15,22H,5-6,13,16-18H2,1-4H3,(H,28,31)/b15-12+. The fourth-order valence-corrected chi connectivity index (χ4v) is 3.56. The first-order valence-corrected chi connectivity index (χ1v) is 12.0. The zero-order valence-corrected chi connectivity index (χ0v) is 21.1. The Morgan fingerprint density at radius 1 is 1.03 bits per heavy atom. The van der Waals surface area contributed by atoms with Crippen molar-refractivity contribution in [3.05, 3.63) is 53.3 Å². The van der Waals surface area contributed by atoms with E-state index in [0.29, 0.717) is 29.6 Å². The number of nitrogens with zero attached hydrogens (tertiary/aromatic N) is 2. The molecule has 0 saturated carbocycles. The average Bonchev–Trinajstić information content (AvgIpc) is 3.29. The largest absolute Gasteiger partial charge is 0.457 e. The van der Waals surface area contributed by atoms with E-state index in [1.165, 1.54) is 11.0 Å². The van der Waals surface area contributed by atoms with Gasteiger partial charge in [0.1, 0.15) is 17.6 Å². The highest BCUT2D eigenvalue weighted by molar-refractivity contribution is 6.30. The van der Waals surface area contributed by atoms with Gasteiger partial charge in [-0.15, -0.1) is 0 Å². The van der Waals surface area contributed by atoms with E-state index in [1.807, 2.05) is 32.0 Å². The number of halogens is 1. The van der Waals surface area contributed by atoms with Crippen molar-refractivity contribution in [3.8, 4) is 11.3 Å². The Hall–Kier alpha value is -3.06. The molecule has 7 nitrogen and oxygen atoms in total. The summed E-state index contributed by atoms with van der Waals surface area (Å²) in [6.45, 7) is 5.22. The summed E-state index contributed by atoms with van der Waals surface area (Å²) in [5, 5.41) is 3.42. The first-order chi connectivity index (χ1) is 16.2. The van der Waals surface area contributed by atoms with E-state index in [2.05, 4.69) is 5.32 Å². The van der Waals surface area contributed by atoms with Gasteiger partial charge in [-0.05, 0) is 61.7 Å². The van der Waals surface area contributed by atoms with E-state index in [0.717, 1.165) is 18.4 Å². The summed E-state index contributed by atoms with van der Waals surface area (Å²) in [5.74, 6) is 0.476. The van der Waals surface area contributed by atoms with Gasteiger partial charge < -0.3 is 19.5 Å². The molecule has 0 radical (unpaired) electrons. The molecule has 1 aromatic heterocycles. The molecule has 8 heteroatoms. The van der Waals surface area contributed by atoms with Crippen molar-refractivity contribution in [2.24, 2.45) is 0 Å². The van der Waals surface area contributed by atoms with Gasteiger partial charge in [0.25, 0.3) is 0 Å². The molecular formula is C26H34ClN3O4. The van der Waals surface area contributed by atoms with Crippen molar-refractivity contribution in [3.63, 3.8) is 0 Å². The van der Waals surface area contributed by atoms with Crippen molar-refractivity contribution in [1.82, 2.24) is 15.1 Å². The quantitative estimate of drug-likeness (QED) is 0.443. The molecular weight excluding hydrogens is 454 g/mol. The summed E-state index contributed by atoms with van der Waals surface area (Å²) in [6, 6.07) is 10.1. The first kappa shape index (κ1) is 27.2. The molecule has 1 atom stereocenters. The Morgan fingerprint density at radius 3 is 2.26 bits per heavy atom. The second kappa shape index (κ2) is 13.6. The Morgan fingerprint density at radius 2 is 1.68 bits per heavy atom. The maximum atomic E-state index is 13.1. The average molecular weight is 488 g/mol. The third-order valence-corrected chi connectivity index (χ3v) is 5.47. The van der Waals surface area contributed by atoms with Gasteiger partial charge in [0.05, 0.1) is 0 Å². The molecule has 0 spiro atoms. The van der Waals surface area contributed by atoms with Crippen LogP contribution in [-0.4, -0.2) is 60.7 Å². The van der Waals surface area contributed by atoms with Crippen LogP contribution < -0.4 is 5.32 Å². The molecule has 3 amide bonds. The minimum atomic E-state index is -0.777. The van der Waals surface area contributed by atoms with E-state index in [-0.39, 0.29) is 24.7 Å². The smallest absolute Gasteiger partial charge is 0.245 e. The Balaban J connectivity index is 2.09. The molecule has 34 heavy (non-hydrogen) atoms. The number of carbonyl (C=O) groups excluding carboxylic acids is 3. The predicted molar refractivity (Wildman–Crippen MR) is 135 cm³/mol. The molecule has 0 bridgehead atoms. The second-order valence-corrected chi connectivity index (χ2v) is 8.69. The van der Waals surface area contributed by atoms with Crippen LogP contribution >= 0.6 is 11.6 Å². The topological polar surface area (TPSA) is 82.9 Å². The molecule has 0 saturated heterocycles. The number of amides is 3. The van der Waals surface area contributed by atoms with Gasteiger partial charge in [-0.2, -0.15) is 0 Å². The fraction of sp³-hybridized carbons (Fsp3) is 0.423. The van der Waals surface area contributed by atoms with Crippen molar-refractivity contribution < 1.29 is 18.8 Å². The van der Waals surface area contributed by atoms with Gasteiger partial charge >= 0.3 is 0 Å². The maximum Gasteiger partial charge on any atom is 0.245 e. The summed E-state index contributed by atoms with van der Waals surface area (Å²) in [5.41, 5.74) is 0.872. The molecule has 0 aliphatic rings. The molecule has 0 aliphatic heterocycles. The van der Waals surface area contributed by atoms with Crippen LogP contribution in [-0.2, 0) is 14.4 Å². The van der Waals surface area contributed by atoms with Crippen LogP contribution in [0.1, 0.15) is 45.3 Å². The molecule has 1 unspecified atom stereocenters. The lowest BCUT2D eigenvalue weighted by Gasteiger charge is -2.27. The van der Waals surface area contributed by atoms with Crippen LogP contribution in [0.2, 0.25) is 5.02 Å². The number of nitrogens with one attached hydrogen (secondary N) is 1. The van der Waals surface area contributed by atoms with Gasteiger partial charge in [-0.3, -0.25) is 14.4 Å². The molecule has 1 aromatic carbocycles. The third-order valence-electron chi connectivity index (χ3n) is 5.21. The van der Waals surface area contributed by atoms with Crippen LogP contribution in [0.25, 0.3) is 17.4 Å². The van der Waals surface area contributed by atoms with E-state index in [1.54, 1.807) is 43.3 Å². The highest BCUT2D eigenvalue weighted by Gasteiger charge is 2.25. The number of rotatable bonds is 12. The first-order valence-electron chi connectivity index (χ1n) is 11.6. The lowest BCUT2D eigenvalue weighted by Crippen LogP contribution is -2.49. The highest BCUT2D eigenvalue weighted by atomic mass is 35.5. The van der Waals surface area contributed by atoms with Crippen LogP contribution in [0.15, 0.2) is 46.9 Å². The van der Waals surface area contributed by atoms with Gasteiger partial charge in [-0.1, -0.05) is 25.4 Å². The van der Waals surface area contributed by atoms with E-state index in [4.69, 9.17) is 16.0 Å². The monoisotopic (exact) mass is 487 g/mol. The van der Waals surface area contributed by atoms with E-state index < -0.39 is 11.9 Å². The number of furan rings is 1. The molecule has 0 fully saturated rings. The second-order valence-electron chi connectivity index (χ2n) is 8.26. The number of benzene rings is 1. The van der Waals surface area contributed by atoms with Crippen molar-refractivity contribution in [2.45, 2.75) is 45.6 Å². The SMILES string of the molecule is CCCN(CCC)C(=O)C(CCC(=O)N(C)C)NC(=O)/C=C/c1ccc(-c2ccc(Cl)cc2)o1. The maximum absolute atomic E-state index is 13.1. The molecule has 2 rings (SSSR count). The van der Waals surface area contributed by atoms with E-state index in [9.17, 15) is 14.4 Å². The van der Waals surface area contributed by atoms with Crippen LogP contribution in [0.5, 0.6) is 0 Å². The Kier molecular flexibility index (Phi) is 10.9. The molecule has 184 valence electrons. The molecule has 1 heterocycles. The number of carbonyl (C=O) groups is 3. The van der Waals surface area contributed by atoms with Gasteiger partial charge in [-0.25, -0.2) is 0 Å². The lowest BCUT2D eigenvalue weighted by atomic mass is 10.1. The van der Waals surface area contributed by atoms with Crippen molar-refractivity contribution in [1.29, 1.82) is 0 Å². The van der Waals surface area contributed by atoms with Crippen LogP contribution in [0, 0.1) is 0 Å². The third kappa shape index (κ3) is 8.37. The van der Waals surface area contributed by atoms with Crippen molar-refractivity contribution in [2.75, 3.05) is 27.2 Å². The van der Waals surface area contributed by atoms with E-state index >= 15 is 0 Å². The molecule has 1 N–H and O–H groups in total. The zero-order valence-electron chi connectivity index (χ0n) is 20.3. The number of hydrogen-bond acceptors (Lipinski definition) is 4. The normalized spacial score (nSPS) is 11.9. The summed E-state index contributed by atoms with van der Waals surface area (Å²) in [7, 11) is 3.34. The van der Waals surface area contributed by atoms with Gasteiger partial charge in [0.15, 0.2) is 0 Å². The predicted octanol–water partition coefficient (Wildman–Crippen LogP) is 4.62. The van der Waals surface area contributed by atoms with Gasteiger partial charge in [0.2, 0.25) is 17.7 Å². The summed E-state index contributed by atoms with van der Waals surface area (Å²) in [4.78, 5) is 41.1. The number of hydrogen-bond donors (Lipinski definition) is 1. The Bertz CT molecular complexity index is 976. The van der Waals surface area contributed by atoms with Crippen molar-refractivity contribution >= 4 is 35.4 Å². The minimum Gasteiger partial charge on any atom is -0.457 e. The summed E-state index contributed by atoms with van der Waals surface area (Å²) in [6.07, 6.45) is 4.93. The zero-order chi connectivity index (χ0) is 25.1. The lowest BCUT2D eigenvalue weighted by molar-refractivity contribution is -0.136. The summed E-state index contributed by atoms with van der Waals surface area (Å²) >= 11 is 5.93. The van der Waals surface area contributed by atoms with Crippen LogP contribution in [0.3, 0.4) is 0 Å². The van der Waals surface area contributed by atoms with Crippen LogP contribution in [0.4, 0.5) is 0 Å². The Labute approximate surface area is 206 Å².